The number of hydrogen-bond donors (Lipinski definition) is 2. The average molecular weight is 347 g/mol. The molecule has 1 saturated heterocycles. The Morgan fingerprint density at radius 3 is 2.52 bits per heavy atom. The Morgan fingerprint density at radius 1 is 1.20 bits per heavy atom. The van der Waals surface area contributed by atoms with E-state index in [2.05, 4.69) is 72.6 Å². The maximum absolute atomic E-state index is 12.2. The van der Waals surface area contributed by atoms with Crippen molar-refractivity contribution in [2.24, 2.45) is 0 Å². The van der Waals surface area contributed by atoms with E-state index >= 15 is 0 Å². The van der Waals surface area contributed by atoms with Crippen LogP contribution in [0, 0.1) is 0 Å². The summed E-state index contributed by atoms with van der Waals surface area (Å²) in [6, 6.07) is 11.8. The van der Waals surface area contributed by atoms with Crippen molar-refractivity contribution in [3.05, 3.63) is 35.9 Å². The molecule has 0 aliphatic carbocycles. The summed E-state index contributed by atoms with van der Waals surface area (Å²) >= 11 is 0. The van der Waals surface area contributed by atoms with Gasteiger partial charge >= 0.3 is 6.03 Å². The van der Waals surface area contributed by atoms with Gasteiger partial charge in [-0.2, -0.15) is 0 Å². The van der Waals surface area contributed by atoms with E-state index in [0.717, 1.165) is 32.4 Å². The van der Waals surface area contributed by atoms with Gasteiger partial charge in [-0.15, -0.1) is 0 Å². The second-order valence-electron chi connectivity index (χ2n) is 7.47. The number of carbonyl (C=O) groups is 1. The van der Waals surface area contributed by atoms with E-state index in [1.54, 1.807) is 0 Å². The fraction of sp³-hybridized carbons (Fsp3) is 0.650. The van der Waals surface area contributed by atoms with Crippen LogP contribution in [-0.2, 0) is 6.42 Å². The molecule has 1 aliphatic heterocycles. The molecule has 0 saturated carbocycles. The van der Waals surface area contributed by atoms with Crippen molar-refractivity contribution in [1.82, 2.24) is 20.7 Å². The van der Waals surface area contributed by atoms with Crippen LogP contribution in [-0.4, -0.2) is 53.7 Å². The lowest BCUT2D eigenvalue weighted by Gasteiger charge is -2.30. The first-order valence-electron chi connectivity index (χ1n) is 9.58. The highest BCUT2D eigenvalue weighted by Gasteiger charge is 2.26. The van der Waals surface area contributed by atoms with E-state index in [1.807, 2.05) is 6.07 Å². The van der Waals surface area contributed by atoms with E-state index < -0.39 is 0 Å². The van der Waals surface area contributed by atoms with E-state index in [1.165, 1.54) is 5.56 Å². The molecule has 2 rings (SSSR count). The lowest BCUT2D eigenvalue weighted by Crippen LogP contribution is -2.51. The topological polar surface area (TPSA) is 47.6 Å². The van der Waals surface area contributed by atoms with Gasteiger partial charge in [-0.1, -0.05) is 30.3 Å². The number of hydrazine groups is 1. The molecule has 1 atom stereocenters. The third-order valence-corrected chi connectivity index (χ3v) is 4.92. The highest BCUT2D eigenvalue weighted by Crippen LogP contribution is 2.19. The third-order valence-electron chi connectivity index (χ3n) is 4.92. The lowest BCUT2D eigenvalue weighted by molar-refractivity contribution is 0.156. The van der Waals surface area contributed by atoms with Gasteiger partial charge in [0.1, 0.15) is 0 Å². The quantitative estimate of drug-likeness (QED) is 0.761. The van der Waals surface area contributed by atoms with Gasteiger partial charge in [0.05, 0.1) is 0 Å². The average Bonchev–Trinajstić information content (AvgIpc) is 2.98. The number of benzene rings is 1. The van der Waals surface area contributed by atoms with E-state index in [-0.39, 0.29) is 6.03 Å². The molecule has 0 radical (unpaired) electrons. The molecule has 25 heavy (non-hydrogen) atoms. The summed E-state index contributed by atoms with van der Waals surface area (Å²) in [7, 11) is 0. The maximum Gasteiger partial charge on any atom is 0.329 e. The molecule has 0 unspecified atom stereocenters. The molecule has 1 aromatic carbocycles. The summed E-state index contributed by atoms with van der Waals surface area (Å²) in [6.45, 7) is 11.2. The number of hydrogen-bond acceptors (Lipinski definition) is 3. The van der Waals surface area contributed by atoms with Crippen molar-refractivity contribution < 1.29 is 4.79 Å². The molecule has 2 N–H and O–H groups in total. The standard InChI is InChI=1S/C20H34N4O/c1-16(2)23(17(3)4)14-12-21-20(25)22-24-13-8-11-19(24)15-18-9-6-5-7-10-18/h5-7,9-10,16-17,19H,8,11-15H2,1-4H3,(H2,21,22,25)/t19-/m1/s1. The second kappa shape index (κ2) is 9.78. The van der Waals surface area contributed by atoms with Crippen LogP contribution >= 0.6 is 0 Å². The van der Waals surface area contributed by atoms with Crippen molar-refractivity contribution in [3.8, 4) is 0 Å². The van der Waals surface area contributed by atoms with Crippen molar-refractivity contribution >= 4 is 6.03 Å². The van der Waals surface area contributed by atoms with Crippen LogP contribution in [0.1, 0.15) is 46.1 Å². The summed E-state index contributed by atoms with van der Waals surface area (Å²) in [5.41, 5.74) is 4.37. The summed E-state index contributed by atoms with van der Waals surface area (Å²) in [5.74, 6) is 0. The minimum Gasteiger partial charge on any atom is -0.336 e. The van der Waals surface area contributed by atoms with Crippen LogP contribution in [0.3, 0.4) is 0 Å². The van der Waals surface area contributed by atoms with Crippen molar-refractivity contribution in [2.75, 3.05) is 19.6 Å². The maximum atomic E-state index is 12.2. The van der Waals surface area contributed by atoms with Crippen LogP contribution in [0.25, 0.3) is 0 Å². The van der Waals surface area contributed by atoms with E-state index in [9.17, 15) is 4.79 Å². The number of carbonyl (C=O) groups excluding carboxylic acids is 1. The number of urea groups is 1. The van der Waals surface area contributed by atoms with Crippen LogP contribution < -0.4 is 10.7 Å². The fourth-order valence-corrected chi connectivity index (χ4v) is 3.66. The Hall–Kier alpha value is -1.59. The van der Waals surface area contributed by atoms with Crippen LogP contribution in [0.2, 0.25) is 0 Å². The first-order valence-corrected chi connectivity index (χ1v) is 9.58. The molecule has 1 heterocycles. The van der Waals surface area contributed by atoms with Crippen molar-refractivity contribution in [3.63, 3.8) is 0 Å². The second-order valence-corrected chi connectivity index (χ2v) is 7.47. The first kappa shape index (κ1) is 19.7. The van der Waals surface area contributed by atoms with Crippen LogP contribution in [0.15, 0.2) is 30.3 Å². The minimum atomic E-state index is -0.0903. The molecule has 1 fully saturated rings. The Balaban J connectivity index is 1.75. The Kier molecular flexibility index (Phi) is 7.72. The van der Waals surface area contributed by atoms with Gasteiger partial charge < -0.3 is 5.32 Å². The fourth-order valence-electron chi connectivity index (χ4n) is 3.66. The number of amides is 2. The van der Waals surface area contributed by atoms with Gasteiger partial charge in [-0.05, 0) is 52.5 Å². The van der Waals surface area contributed by atoms with Gasteiger partial charge in [-0.3, -0.25) is 10.3 Å². The smallest absolute Gasteiger partial charge is 0.329 e. The Morgan fingerprint density at radius 2 is 1.88 bits per heavy atom. The molecule has 5 nitrogen and oxygen atoms in total. The number of nitrogens with one attached hydrogen (secondary N) is 2. The molecule has 1 aliphatic rings. The van der Waals surface area contributed by atoms with Gasteiger partial charge in [0.25, 0.3) is 0 Å². The molecule has 0 aromatic heterocycles. The van der Waals surface area contributed by atoms with E-state index in [0.29, 0.717) is 24.7 Å². The molecular formula is C20H34N4O. The summed E-state index contributed by atoms with van der Waals surface area (Å²) in [6.07, 6.45) is 3.24. The highest BCUT2D eigenvalue weighted by atomic mass is 16.2. The molecule has 1 aromatic rings. The SMILES string of the molecule is CC(C)N(CCNC(=O)NN1CCC[C@@H]1Cc1ccccc1)C(C)C. The highest BCUT2D eigenvalue weighted by molar-refractivity contribution is 5.73. The predicted octanol–water partition coefficient (Wildman–Crippen LogP) is 3.03. The molecule has 2 amide bonds. The van der Waals surface area contributed by atoms with Gasteiger partial charge in [-0.25, -0.2) is 9.80 Å². The summed E-state index contributed by atoms with van der Waals surface area (Å²) in [4.78, 5) is 14.6. The minimum absolute atomic E-state index is 0.0903. The van der Waals surface area contributed by atoms with Crippen LogP contribution in [0.4, 0.5) is 4.79 Å². The van der Waals surface area contributed by atoms with Gasteiger partial charge in [0, 0.05) is 37.8 Å². The zero-order valence-electron chi connectivity index (χ0n) is 16.2. The summed E-state index contributed by atoms with van der Waals surface area (Å²) in [5, 5.41) is 5.10. The van der Waals surface area contributed by atoms with E-state index in [4.69, 9.17) is 0 Å². The molecule has 0 bridgehead atoms. The van der Waals surface area contributed by atoms with Crippen molar-refractivity contribution in [1.29, 1.82) is 0 Å². The van der Waals surface area contributed by atoms with Crippen LogP contribution in [0.5, 0.6) is 0 Å². The van der Waals surface area contributed by atoms with Gasteiger partial charge in [0.15, 0.2) is 0 Å². The Labute approximate surface area is 152 Å². The normalized spacial score (nSPS) is 18.3. The number of rotatable bonds is 8. The summed E-state index contributed by atoms with van der Waals surface area (Å²) < 4.78 is 0. The predicted molar refractivity (Wildman–Crippen MR) is 103 cm³/mol. The lowest BCUT2D eigenvalue weighted by atomic mass is 10.0. The third kappa shape index (κ3) is 6.33. The largest absolute Gasteiger partial charge is 0.336 e. The first-order chi connectivity index (χ1) is 12.0. The Bertz CT molecular complexity index is 510. The molecule has 5 heteroatoms. The number of nitrogens with zero attached hydrogens (tertiary/aromatic N) is 2. The molecule has 0 spiro atoms. The molecular weight excluding hydrogens is 312 g/mol. The van der Waals surface area contributed by atoms with Crippen molar-refractivity contribution in [2.45, 2.75) is 65.1 Å². The zero-order chi connectivity index (χ0) is 18.2. The van der Waals surface area contributed by atoms with Gasteiger partial charge in [0.2, 0.25) is 0 Å². The zero-order valence-corrected chi connectivity index (χ0v) is 16.2. The monoisotopic (exact) mass is 346 g/mol. The molecule has 140 valence electrons.